The van der Waals surface area contributed by atoms with Crippen molar-refractivity contribution >= 4 is 11.8 Å². The van der Waals surface area contributed by atoms with E-state index in [1.165, 1.54) is 37.9 Å². The van der Waals surface area contributed by atoms with Crippen LogP contribution in [0.1, 0.15) is 59.3 Å². The summed E-state index contributed by atoms with van der Waals surface area (Å²) in [5, 5.41) is 13.7. The Balaban J connectivity index is 2.13. The average Bonchev–Trinajstić information content (AvgIpc) is 2.35. The first-order chi connectivity index (χ1) is 8.59. The zero-order valence-electron chi connectivity index (χ0n) is 12.4. The van der Waals surface area contributed by atoms with Crippen molar-refractivity contribution in [1.82, 2.24) is 5.32 Å². The van der Waals surface area contributed by atoms with Crippen LogP contribution >= 0.6 is 11.8 Å². The van der Waals surface area contributed by atoms with Crippen molar-refractivity contribution in [2.45, 2.75) is 70.1 Å². The lowest BCUT2D eigenvalue weighted by Crippen LogP contribution is -2.45. The first kappa shape index (κ1) is 16.3. The van der Waals surface area contributed by atoms with Crippen LogP contribution in [0.4, 0.5) is 0 Å². The van der Waals surface area contributed by atoms with Crippen molar-refractivity contribution in [2.75, 3.05) is 18.9 Å². The molecule has 0 aromatic rings. The van der Waals surface area contributed by atoms with Gasteiger partial charge in [-0.25, -0.2) is 0 Å². The van der Waals surface area contributed by atoms with Gasteiger partial charge in [0.2, 0.25) is 0 Å². The molecule has 3 heteroatoms. The number of thioether (sulfide) groups is 1. The van der Waals surface area contributed by atoms with Crippen LogP contribution in [0.5, 0.6) is 0 Å². The van der Waals surface area contributed by atoms with Crippen molar-refractivity contribution in [2.24, 2.45) is 5.92 Å². The number of likely N-dealkylation sites (N-methyl/N-ethyl adjacent to an activating group) is 1. The average molecular weight is 273 g/mol. The molecule has 0 heterocycles. The topological polar surface area (TPSA) is 32.3 Å². The standard InChI is InChI=1S/C15H31NOS/c1-4-16-15(3,12-17)9-6-10-18-14-8-5-7-13(2)11-14/h13-14,16-17H,4-12H2,1-3H3. The quantitative estimate of drug-likeness (QED) is 0.665. The van der Waals surface area contributed by atoms with Gasteiger partial charge in [-0.1, -0.05) is 26.7 Å². The molecule has 1 fully saturated rings. The van der Waals surface area contributed by atoms with Gasteiger partial charge >= 0.3 is 0 Å². The van der Waals surface area contributed by atoms with E-state index in [1.807, 2.05) is 0 Å². The number of hydrogen-bond donors (Lipinski definition) is 2. The Kier molecular flexibility index (Phi) is 7.66. The Morgan fingerprint density at radius 3 is 2.78 bits per heavy atom. The van der Waals surface area contributed by atoms with Crippen LogP contribution in [0.2, 0.25) is 0 Å². The van der Waals surface area contributed by atoms with Crippen LogP contribution in [-0.2, 0) is 0 Å². The highest BCUT2D eigenvalue weighted by molar-refractivity contribution is 7.99. The summed E-state index contributed by atoms with van der Waals surface area (Å²) >= 11 is 2.16. The summed E-state index contributed by atoms with van der Waals surface area (Å²) in [7, 11) is 0. The summed E-state index contributed by atoms with van der Waals surface area (Å²) in [5.74, 6) is 2.18. The number of aliphatic hydroxyl groups is 1. The zero-order chi connectivity index (χ0) is 13.4. The molecule has 108 valence electrons. The van der Waals surface area contributed by atoms with Crippen molar-refractivity contribution < 1.29 is 5.11 Å². The van der Waals surface area contributed by atoms with Crippen LogP contribution in [0.3, 0.4) is 0 Å². The maximum absolute atomic E-state index is 9.43. The molecule has 2 N–H and O–H groups in total. The van der Waals surface area contributed by atoms with Crippen LogP contribution in [0, 0.1) is 5.92 Å². The van der Waals surface area contributed by atoms with Gasteiger partial charge in [-0.15, -0.1) is 0 Å². The lowest BCUT2D eigenvalue weighted by atomic mass is 9.91. The van der Waals surface area contributed by atoms with Gasteiger partial charge in [-0.3, -0.25) is 0 Å². The second-order valence-electron chi connectivity index (χ2n) is 6.12. The summed E-state index contributed by atoms with van der Waals surface area (Å²) in [5.41, 5.74) is -0.0742. The molecule has 1 aliphatic rings. The molecule has 1 rings (SSSR count). The van der Waals surface area contributed by atoms with E-state index in [0.717, 1.165) is 24.1 Å². The van der Waals surface area contributed by atoms with Gasteiger partial charge in [-0.05, 0) is 50.8 Å². The molecule has 2 nitrogen and oxygen atoms in total. The fraction of sp³-hybridized carbons (Fsp3) is 1.00. The van der Waals surface area contributed by atoms with Crippen LogP contribution < -0.4 is 5.32 Å². The summed E-state index contributed by atoms with van der Waals surface area (Å²) in [6.45, 7) is 7.80. The van der Waals surface area contributed by atoms with Crippen LogP contribution in [0.25, 0.3) is 0 Å². The molecular weight excluding hydrogens is 242 g/mol. The van der Waals surface area contributed by atoms with Crippen LogP contribution in [-0.4, -0.2) is 34.8 Å². The second kappa shape index (κ2) is 8.44. The Morgan fingerprint density at radius 2 is 2.17 bits per heavy atom. The minimum Gasteiger partial charge on any atom is -0.394 e. The monoisotopic (exact) mass is 273 g/mol. The maximum Gasteiger partial charge on any atom is 0.0610 e. The highest BCUT2D eigenvalue weighted by Crippen LogP contribution is 2.32. The Morgan fingerprint density at radius 1 is 1.39 bits per heavy atom. The third-order valence-electron chi connectivity index (χ3n) is 4.07. The number of hydrogen-bond acceptors (Lipinski definition) is 3. The second-order valence-corrected chi connectivity index (χ2v) is 7.53. The van der Waals surface area contributed by atoms with E-state index in [1.54, 1.807) is 0 Å². The zero-order valence-corrected chi connectivity index (χ0v) is 13.2. The molecule has 0 radical (unpaired) electrons. The Hall–Kier alpha value is 0.270. The molecular formula is C15H31NOS. The highest BCUT2D eigenvalue weighted by Gasteiger charge is 2.22. The van der Waals surface area contributed by atoms with E-state index in [2.05, 4.69) is 37.8 Å². The van der Waals surface area contributed by atoms with Gasteiger partial charge in [0.1, 0.15) is 0 Å². The van der Waals surface area contributed by atoms with Gasteiger partial charge in [0.15, 0.2) is 0 Å². The summed E-state index contributed by atoms with van der Waals surface area (Å²) < 4.78 is 0. The van der Waals surface area contributed by atoms with E-state index in [4.69, 9.17) is 0 Å². The molecule has 0 saturated heterocycles. The molecule has 3 unspecified atom stereocenters. The summed E-state index contributed by atoms with van der Waals surface area (Å²) in [6.07, 6.45) is 7.96. The Labute approximate surface area is 117 Å². The normalized spacial score (nSPS) is 28.0. The third kappa shape index (κ3) is 5.94. The molecule has 0 aromatic carbocycles. The summed E-state index contributed by atoms with van der Waals surface area (Å²) in [4.78, 5) is 0. The van der Waals surface area contributed by atoms with Crippen molar-refractivity contribution in [3.05, 3.63) is 0 Å². The minimum absolute atomic E-state index is 0.0742. The first-order valence-electron chi connectivity index (χ1n) is 7.57. The predicted molar refractivity (Wildman–Crippen MR) is 82.3 cm³/mol. The minimum atomic E-state index is -0.0742. The molecule has 0 amide bonds. The van der Waals surface area contributed by atoms with E-state index in [0.29, 0.717) is 0 Å². The molecule has 0 aliphatic heterocycles. The van der Waals surface area contributed by atoms with Gasteiger partial charge in [0.05, 0.1) is 6.61 Å². The Bertz CT molecular complexity index is 225. The SMILES string of the molecule is CCNC(C)(CO)CCCSC1CCCC(C)C1. The first-order valence-corrected chi connectivity index (χ1v) is 8.62. The fourth-order valence-corrected chi connectivity index (χ4v) is 4.33. The largest absolute Gasteiger partial charge is 0.394 e. The van der Waals surface area contributed by atoms with Gasteiger partial charge < -0.3 is 10.4 Å². The molecule has 18 heavy (non-hydrogen) atoms. The molecule has 0 bridgehead atoms. The molecule has 1 saturated carbocycles. The van der Waals surface area contributed by atoms with E-state index >= 15 is 0 Å². The molecule has 3 atom stereocenters. The maximum atomic E-state index is 9.43. The van der Waals surface area contributed by atoms with Crippen molar-refractivity contribution in [3.63, 3.8) is 0 Å². The van der Waals surface area contributed by atoms with E-state index in [-0.39, 0.29) is 12.1 Å². The lowest BCUT2D eigenvalue weighted by Gasteiger charge is -2.29. The predicted octanol–water partition coefficient (Wildman–Crippen LogP) is 3.44. The van der Waals surface area contributed by atoms with E-state index < -0.39 is 0 Å². The van der Waals surface area contributed by atoms with Crippen molar-refractivity contribution in [3.8, 4) is 0 Å². The molecule has 1 aliphatic carbocycles. The smallest absolute Gasteiger partial charge is 0.0610 e. The van der Waals surface area contributed by atoms with E-state index in [9.17, 15) is 5.11 Å². The van der Waals surface area contributed by atoms with Gasteiger partial charge in [-0.2, -0.15) is 11.8 Å². The number of aliphatic hydroxyl groups excluding tert-OH is 1. The van der Waals surface area contributed by atoms with Gasteiger partial charge in [0, 0.05) is 10.8 Å². The fourth-order valence-electron chi connectivity index (χ4n) is 2.89. The highest BCUT2D eigenvalue weighted by atomic mass is 32.2. The molecule has 0 spiro atoms. The molecule has 0 aromatic heterocycles. The summed E-state index contributed by atoms with van der Waals surface area (Å²) in [6, 6.07) is 0. The lowest BCUT2D eigenvalue weighted by molar-refractivity contribution is 0.167. The van der Waals surface area contributed by atoms with Gasteiger partial charge in [0.25, 0.3) is 0 Å². The third-order valence-corrected chi connectivity index (χ3v) is 5.49. The van der Waals surface area contributed by atoms with Crippen LogP contribution in [0.15, 0.2) is 0 Å². The van der Waals surface area contributed by atoms with Crippen molar-refractivity contribution in [1.29, 1.82) is 0 Å². The number of rotatable bonds is 8. The number of nitrogens with one attached hydrogen (secondary N) is 1.